The second-order valence-electron chi connectivity index (χ2n) is 4.18. The maximum Gasteiger partial charge on any atom is 0.174 e. The molecule has 17 heavy (non-hydrogen) atoms. The highest BCUT2D eigenvalue weighted by Gasteiger charge is 2.13. The van der Waals surface area contributed by atoms with E-state index in [2.05, 4.69) is 11.2 Å². The molecular formula is C14H16N2O. The summed E-state index contributed by atoms with van der Waals surface area (Å²) in [6.45, 7) is 4.53. The van der Waals surface area contributed by atoms with Gasteiger partial charge < -0.3 is 4.74 Å². The molecule has 0 spiro atoms. The first-order valence-corrected chi connectivity index (χ1v) is 5.39. The fraction of sp³-hybridized carbons (Fsp3) is 0.357. The van der Waals surface area contributed by atoms with E-state index in [0.29, 0.717) is 6.54 Å². The zero-order valence-electron chi connectivity index (χ0n) is 10.2. The minimum Gasteiger partial charge on any atom is -0.478 e. The predicted octanol–water partition coefficient (Wildman–Crippen LogP) is 2.09. The Morgan fingerprint density at radius 3 is 2.76 bits per heavy atom. The summed E-state index contributed by atoms with van der Waals surface area (Å²) in [4.78, 5) is 0. The lowest BCUT2D eigenvalue weighted by Gasteiger charge is -2.20. The van der Waals surface area contributed by atoms with E-state index in [-0.39, 0.29) is 12.1 Å². The smallest absolute Gasteiger partial charge is 0.174 e. The molecule has 0 amide bonds. The number of nitrogens with one attached hydrogen (secondary N) is 1. The van der Waals surface area contributed by atoms with Crippen LogP contribution in [0.5, 0.6) is 5.75 Å². The number of nitrogens with zero attached hydrogens (tertiary/aromatic N) is 1. The lowest BCUT2D eigenvalue weighted by Crippen LogP contribution is -2.37. The largest absolute Gasteiger partial charge is 0.478 e. The quantitative estimate of drug-likeness (QED) is 0.785. The van der Waals surface area contributed by atoms with Gasteiger partial charge in [0.05, 0.1) is 5.54 Å². The van der Waals surface area contributed by atoms with Crippen LogP contribution >= 0.6 is 0 Å². The second kappa shape index (κ2) is 5.94. The van der Waals surface area contributed by atoms with Crippen LogP contribution in [-0.2, 0) is 6.54 Å². The highest BCUT2D eigenvalue weighted by Crippen LogP contribution is 2.18. The van der Waals surface area contributed by atoms with Gasteiger partial charge >= 0.3 is 0 Å². The minimum atomic E-state index is -0.359. The summed E-state index contributed by atoms with van der Waals surface area (Å²) in [5.74, 6) is 3.39. The van der Waals surface area contributed by atoms with E-state index in [9.17, 15) is 0 Å². The van der Waals surface area contributed by atoms with E-state index in [4.69, 9.17) is 16.4 Å². The van der Waals surface area contributed by atoms with Crippen LogP contribution in [0.4, 0.5) is 0 Å². The summed E-state index contributed by atoms with van der Waals surface area (Å²) < 4.78 is 5.33. The van der Waals surface area contributed by atoms with E-state index in [0.717, 1.165) is 11.3 Å². The van der Waals surface area contributed by atoms with Gasteiger partial charge in [0, 0.05) is 12.1 Å². The van der Waals surface area contributed by atoms with Gasteiger partial charge in [0.2, 0.25) is 0 Å². The number of hydrogen-bond acceptors (Lipinski definition) is 3. The van der Waals surface area contributed by atoms with Gasteiger partial charge in [0.25, 0.3) is 0 Å². The van der Waals surface area contributed by atoms with Crippen molar-refractivity contribution in [2.24, 2.45) is 0 Å². The normalized spacial score (nSPS) is 10.4. The van der Waals surface area contributed by atoms with Crippen LogP contribution in [0.2, 0.25) is 0 Å². The number of para-hydroxylation sites is 1. The van der Waals surface area contributed by atoms with Crippen molar-refractivity contribution in [3.8, 4) is 24.2 Å². The molecule has 0 unspecified atom stereocenters. The molecule has 88 valence electrons. The van der Waals surface area contributed by atoms with Crippen molar-refractivity contribution in [3.05, 3.63) is 29.8 Å². The predicted molar refractivity (Wildman–Crippen MR) is 67.3 cm³/mol. The third-order valence-electron chi connectivity index (χ3n) is 2.35. The maximum absolute atomic E-state index is 8.50. The molecule has 0 bridgehead atoms. The summed E-state index contributed by atoms with van der Waals surface area (Å²) >= 11 is 0. The van der Waals surface area contributed by atoms with Crippen LogP contribution in [0.3, 0.4) is 0 Å². The number of benzene rings is 1. The molecule has 0 aliphatic rings. The zero-order chi connectivity index (χ0) is 12.7. The first-order valence-electron chi connectivity index (χ1n) is 5.39. The molecule has 0 fully saturated rings. The van der Waals surface area contributed by atoms with Crippen molar-refractivity contribution in [1.82, 2.24) is 5.32 Å². The summed E-state index contributed by atoms with van der Waals surface area (Å²) in [5, 5.41) is 11.7. The Labute approximate surface area is 102 Å². The molecule has 1 N–H and O–H groups in total. The molecule has 1 rings (SSSR count). The number of nitriles is 1. The molecule has 0 radical (unpaired) electrons. The van der Waals surface area contributed by atoms with Gasteiger partial charge in [0.15, 0.2) is 6.61 Å². The van der Waals surface area contributed by atoms with Crippen molar-refractivity contribution >= 4 is 0 Å². The average Bonchev–Trinajstić information content (AvgIpc) is 2.35. The van der Waals surface area contributed by atoms with Crippen molar-refractivity contribution in [2.75, 3.05) is 6.61 Å². The van der Waals surface area contributed by atoms with E-state index in [1.165, 1.54) is 0 Å². The molecule has 3 heteroatoms. The van der Waals surface area contributed by atoms with E-state index in [1.54, 1.807) is 0 Å². The zero-order valence-corrected chi connectivity index (χ0v) is 10.2. The molecule has 3 nitrogen and oxygen atoms in total. The second-order valence-corrected chi connectivity index (χ2v) is 4.18. The van der Waals surface area contributed by atoms with Gasteiger partial charge in [-0.3, -0.25) is 5.32 Å². The third kappa shape index (κ3) is 4.18. The van der Waals surface area contributed by atoms with Crippen molar-refractivity contribution in [3.63, 3.8) is 0 Å². The van der Waals surface area contributed by atoms with Gasteiger partial charge in [-0.05, 0) is 19.9 Å². The number of ether oxygens (including phenoxy) is 1. The third-order valence-corrected chi connectivity index (χ3v) is 2.35. The monoisotopic (exact) mass is 228 g/mol. The Balaban J connectivity index is 2.71. The summed E-state index contributed by atoms with van der Waals surface area (Å²) in [7, 11) is 0. The molecule has 1 aromatic carbocycles. The van der Waals surface area contributed by atoms with Gasteiger partial charge in [0.1, 0.15) is 11.8 Å². The Hall–Kier alpha value is -1.97. The first kappa shape index (κ1) is 13.1. The van der Waals surface area contributed by atoms with Gasteiger partial charge in [-0.2, -0.15) is 5.26 Å². The van der Waals surface area contributed by atoms with E-state index < -0.39 is 0 Å². The fourth-order valence-electron chi connectivity index (χ4n) is 1.27. The minimum absolute atomic E-state index is 0.0511. The lowest BCUT2D eigenvalue weighted by molar-refractivity contribution is 0.360. The SMILES string of the molecule is C#CC(C)(C)NCc1ccccc1OCC#N. The molecule has 0 atom stereocenters. The van der Waals surface area contributed by atoms with Crippen LogP contribution < -0.4 is 10.1 Å². The van der Waals surface area contributed by atoms with Crippen LogP contribution in [0, 0.1) is 23.7 Å². The molecular weight excluding hydrogens is 212 g/mol. The van der Waals surface area contributed by atoms with Crippen LogP contribution in [0.1, 0.15) is 19.4 Å². The van der Waals surface area contributed by atoms with Crippen molar-refractivity contribution in [2.45, 2.75) is 25.9 Å². The van der Waals surface area contributed by atoms with Gasteiger partial charge in [-0.25, -0.2) is 0 Å². The highest BCUT2D eigenvalue weighted by atomic mass is 16.5. The van der Waals surface area contributed by atoms with E-state index >= 15 is 0 Å². The topological polar surface area (TPSA) is 45.0 Å². The van der Waals surface area contributed by atoms with Crippen LogP contribution in [0.25, 0.3) is 0 Å². The number of terminal acetylenes is 1. The maximum atomic E-state index is 8.50. The van der Waals surface area contributed by atoms with Gasteiger partial charge in [-0.1, -0.05) is 24.1 Å². The first-order chi connectivity index (χ1) is 8.09. The Morgan fingerprint density at radius 2 is 2.12 bits per heavy atom. The summed E-state index contributed by atoms with van der Waals surface area (Å²) in [6, 6.07) is 9.55. The summed E-state index contributed by atoms with van der Waals surface area (Å²) in [5.41, 5.74) is 0.633. The molecule has 0 aliphatic carbocycles. The van der Waals surface area contributed by atoms with Gasteiger partial charge in [-0.15, -0.1) is 6.42 Å². The number of hydrogen-bond donors (Lipinski definition) is 1. The fourth-order valence-corrected chi connectivity index (χ4v) is 1.27. The highest BCUT2D eigenvalue weighted by molar-refractivity contribution is 5.33. The standard InChI is InChI=1S/C14H16N2O/c1-4-14(2,3)16-11-12-7-5-6-8-13(12)17-10-9-15/h1,5-8,16H,10-11H2,2-3H3. The Morgan fingerprint density at radius 1 is 1.41 bits per heavy atom. The molecule has 0 saturated heterocycles. The molecule has 1 aromatic rings. The Kier molecular flexibility index (Phi) is 4.57. The van der Waals surface area contributed by atoms with E-state index in [1.807, 2.05) is 44.2 Å². The average molecular weight is 228 g/mol. The van der Waals surface area contributed by atoms with Crippen LogP contribution in [0.15, 0.2) is 24.3 Å². The van der Waals surface area contributed by atoms with Crippen molar-refractivity contribution in [1.29, 1.82) is 5.26 Å². The molecule has 0 aliphatic heterocycles. The number of rotatable bonds is 5. The molecule has 0 aromatic heterocycles. The molecule has 0 saturated carbocycles. The molecule has 0 heterocycles. The lowest BCUT2D eigenvalue weighted by atomic mass is 10.1. The summed E-state index contributed by atoms with van der Waals surface area (Å²) in [6.07, 6.45) is 5.40. The Bertz CT molecular complexity index is 452. The van der Waals surface area contributed by atoms with Crippen molar-refractivity contribution < 1.29 is 4.74 Å². The van der Waals surface area contributed by atoms with Crippen LogP contribution in [-0.4, -0.2) is 12.1 Å².